The van der Waals surface area contributed by atoms with Crippen molar-refractivity contribution < 1.29 is 5.11 Å². The molecule has 1 aliphatic carbocycles. The summed E-state index contributed by atoms with van der Waals surface area (Å²) in [4.78, 5) is 0. The second-order valence-electron chi connectivity index (χ2n) is 2.69. The minimum Gasteiger partial charge on any atom is -0.396 e. The van der Waals surface area contributed by atoms with Gasteiger partial charge in [-0.1, -0.05) is 26.7 Å². The van der Waals surface area contributed by atoms with Crippen molar-refractivity contribution in [3.63, 3.8) is 0 Å². The second-order valence-corrected chi connectivity index (χ2v) is 2.69. The molecule has 0 radical (unpaired) electrons. The van der Waals surface area contributed by atoms with E-state index in [2.05, 4.69) is 0 Å². The van der Waals surface area contributed by atoms with E-state index in [1.165, 1.54) is 32.1 Å². The van der Waals surface area contributed by atoms with Crippen molar-refractivity contribution in [3.05, 3.63) is 0 Å². The van der Waals surface area contributed by atoms with Crippen LogP contribution in [0.2, 0.25) is 0 Å². The summed E-state index contributed by atoms with van der Waals surface area (Å²) in [7, 11) is 0. The van der Waals surface area contributed by atoms with Crippen molar-refractivity contribution in [2.45, 2.75) is 39.5 Å². The van der Waals surface area contributed by atoms with Crippen LogP contribution in [0.15, 0.2) is 0 Å². The third kappa shape index (κ3) is 2.85. The van der Waals surface area contributed by atoms with Crippen LogP contribution in [0.4, 0.5) is 0 Å². The highest BCUT2D eigenvalue weighted by Gasteiger charge is 2.10. The van der Waals surface area contributed by atoms with Crippen LogP contribution in [0.25, 0.3) is 0 Å². The van der Waals surface area contributed by atoms with Gasteiger partial charge in [-0.05, 0) is 18.8 Å². The predicted octanol–water partition coefficient (Wildman–Crippen LogP) is 2.20. The Morgan fingerprint density at radius 2 is 1.67 bits per heavy atom. The average Bonchev–Trinajstić information content (AvgIpc) is 1.90. The first-order valence-corrected chi connectivity index (χ1v) is 3.54. The van der Waals surface area contributed by atoms with Crippen LogP contribution in [0.5, 0.6) is 0 Å². The van der Waals surface area contributed by atoms with Gasteiger partial charge in [0, 0.05) is 6.61 Å². The molecule has 0 atom stereocenters. The van der Waals surface area contributed by atoms with Crippen molar-refractivity contribution >= 4 is 0 Å². The van der Waals surface area contributed by atoms with Gasteiger partial charge in [-0.15, -0.1) is 0 Å². The van der Waals surface area contributed by atoms with Gasteiger partial charge in [0.05, 0.1) is 0 Å². The summed E-state index contributed by atoms with van der Waals surface area (Å²) in [6.45, 7) is 0.417. The standard InChI is InChI=1S/C7H14O.CH4/c8-6-7-4-2-1-3-5-7;/h7-8H,1-6H2;1H4. The molecule has 0 amide bonds. The largest absolute Gasteiger partial charge is 0.396 e. The summed E-state index contributed by atoms with van der Waals surface area (Å²) < 4.78 is 0. The minimum atomic E-state index is 0. The van der Waals surface area contributed by atoms with Gasteiger partial charge in [-0.25, -0.2) is 0 Å². The highest BCUT2D eigenvalue weighted by Crippen LogP contribution is 2.22. The summed E-state index contributed by atoms with van der Waals surface area (Å²) in [6.07, 6.45) is 6.58. The lowest BCUT2D eigenvalue weighted by Gasteiger charge is -2.18. The van der Waals surface area contributed by atoms with Crippen LogP contribution >= 0.6 is 0 Å². The second kappa shape index (κ2) is 4.80. The molecule has 0 aromatic rings. The van der Waals surface area contributed by atoms with Gasteiger partial charge in [0.15, 0.2) is 0 Å². The normalized spacial score (nSPS) is 21.0. The monoisotopic (exact) mass is 130 g/mol. The fourth-order valence-electron chi connectivity index (χ4n) is 1.37. The fraction of sp³-hybridized carbons (Fsp3) is 1.00. The van der Waals surface area contributed by atoms with Crippen LogP contribution in [0, 0.1) is 5.92 Å². The number of hydrogen-bond acceptors (Lipinski definition) is 1. The summed E-state index contributed by atoms with van der Waals surface area (Å²) in [5, 5.41) is 8.69. The third-order valence-electron chi connectivity index (χ3n) is 1.98. The molecule has 0 unspecified atom stereocenters. The maximum Gasteiger partial charge on any atom is 0.0459 e. The van der Waals surface area contributed by atoms with E-state index in [0.29, 0.717) is 12.5 Å². The van der Waals surface area contributed by atoms with Crippen molar-refractivity contribution in [1.29, 1.82) is 0 Å². The number of aliphatic hydroxyl groups is 1. The van der Waals surface area contributed by atoms with Crippen molar-refractivity contribution in [1.82, 2.24) is 0 Å². The first-order chi connectivity index (χ1) is 3.93. The summed E-state index contributed by atoms with van der Waals surface area (Å²) >= 11 is 0. The Kier molecular flexibility index (Phi) is 4.78. The highest BCUT2D eigenvalue weighted by molar-refractivity contribution is 4.63. The van der Waals surface area contributed by atoms with E-state index < -0.39 is 0 Å². The van der Waals surface area contributed by atoms with E-state index in [1.54, 1.807) is 0 Å². The lowest BCUT2D eigenvalue weighted by atomic mass is 9.90. The lowest BCUT2D eigenvalue weighted by Crippen LogP contribution is -2.09. The smallest absolute Gasteiger partial charge is 0.0459 e. The Bertz CT molecular complexity index is 55.6. The molecule has 0 aromatic heterocycles. The molecule has 0 aromatic carbocycles. The van der Waals surface area contributed by atoms with E-state index in [0.717, 1.165) is 0 Å². The molecule has 1 N–H and O–H groups in total. The molecule has 1 fully saturated rings. The van der Waals surface area contributed by atoms with Gasteiger partial charge in [-0.2, -0.15) is 0 Å². The molecule has 9 heavy (non-hydrogen) atoms. The zero-order valence-corrected chi connectivity index (χ0v) is 5.27. The van der Waals surface area contributed by atoms with Crippen LogP contribution in [0.3, 0.4) is 0 Å². The van der Waals surface area contributed by atoms with Crippen LogP contribution in [0.1, 0.15) is 39.5 Å². The van der Waals surface area contributed by atoms with E-state index in [4.69, 9.17) is 5.11 Å². The molecule has 56 valence electrons. The van der Waals surface area contributed by atoms with Gasteiger partial charge in [-0.3, -0.25) is 0 Å². The van der Waals surface area contributed by atoms with Gasteiger partial charge in [0.2, 0.25) is 0 Å². The molecule has 0 aliphatic heterocycles. The zero-order chi connectivity index (χ0) is 5.82. The summed E-state index contributed by atoms with van der Waals surface area (Å²) in [6, 6.07) is 0. The van der Waals surface area contributed by atoms with Gasteiger partial charge in [0.25, 0.3) is 0 Å². The van der Waals surface area contributed by atoms with E-state index >= 15 is 0 Å². The number of aliphatic hydroxyl groups excluding tert-OH is 1. The number of hydrogen-bond donors (Lipinski definition) is 1. The first kappa shape index (κ1) is 8.96. The molecule has 1 saturated carbocycles. The Hall–Kier alpha value is -0.0400. The Morgan fingerprint density at radius 3 is 2.00 bits per heavy atom. The fourth-order valence-corrected chi connectivity index (χ4v) is 1.37. The Balaban J connectivity index is 0.000000640. The van der Waals surface area contributed by atoms with E-state index in [1.807, 2.05) is 0 Å². The SMILES string of the molecule is C.OCC1CCCCC1. The van der Waals surface area contributed by atoms with Gasteiger partial charge >= 0.3 is 0 Å². The molecule has 1 heteroatoms. The molecule has 1 aliphatic rings. The quantitative estimate of drug-likeness (QED) is 0.577. The Morgan fingerprint density at radius 1 is 1.11 bits per heavy atom. The zero-order valence-electron chi connectivity index (χ0n) is 5.27. The third-order valence-corrected chi connectivity index (χ3v) is 1.98. The molecule has 0 saturated heterocycles. The maximum absolute atomic E-state index is 8.69. The van der Waals surface area contributed by atoms with Crippen molar-refractivity contribution in [2.75, 3.05) is 6.61 Å². The molecule has 1 rings (SSSR count). The lowest BCUT2D eigenvalue weighted by molar-refractivity contribution is 0.190. The highest BCUT2D eigenvalue weighted by atomic mass is 16.3. The molecular formula is C8H18O. The van der Waals surface area contributed by atoms with Crippen LogP contribution in [-0.4, -0.2) is 11.7 Å². The Labute approximate surface area is 58.1 Å². The van der Waals surface area contributed by atoms with Crippen molar-refractivity contribution in [2.24, 2.45) is 5.92 Å². The van der Waals surface area contributed by atoms with E-state index in [-0.39, 0.29) is 7.43 Å². The number of rotatable bonds is 1. The van der Waals surface area contributed by atoms with Gasteiger partial charge in [0.1, 0.15) is 0 Å². The maximum atomic E-state index is 8.69. The molecule has 0 heterocycles. The summed E-state index contributed by atoms with van der Waals surface area (Å²) in [5.41, 5.74) is 0. The first-order valence-electron chi connectivity index (χ1n) is 3.54. The topological polar surface area (TPSA) is 20.2 Å². The average molecular weight is 130 g/mol. The van der Waals surface area contributed by atoms with Gasteiger partial charge < -0.3 is 5.11 Å². The molecular weight excluding hydrogens is 112 g/mol. The minimum absolute atomic E-state index is 0. The van der Waals surface area contributed by atoms with Crippen molar-refractivity contribution in [3.8, 4) is 0 Å². The van der Waals surface area contributed by atoms with Crippen LogP contribution < -0.4 is 0 Å². The molecule has 0 bridgehead atoms. The molecule has 1 nitrogen and oxygen atoms in total. The molecule has 0 spiro atoms. The predicted molar refractivity (Wildman–Crippen MR) is 40.4 cm³/mol. The van der Waals surface area contributed by atoms with Crippen LogP contribution in [-0.2, 0) is 0 Å². The van der Waals surface area contributed by atoms with E-state index in [9.17, 15) is 0 Å². The summed E-state index contributed by atoms with van der Waals surface area (Å²) in [5.74, 6) is 0.642.